The maximum Gasteiger partial charge on any atom is 0.0912 e. The summed E-state index contributed by atoms with van der Waals surface area (Å²) in [6.07, 6.45) is 3.21. The fourth-order valence-corrected chi connectivity index (χ4v) is 2.61. The Morgan fingerprint density at radius 3 is 3.05 bits per heavy atom. The van der Waals surface area contributed by atoms with Gasteiger partial charge in [-0.2, -0.15) is 5.10 Å². The maximum atomic E-state index is 5.99. The second kappa shape index (κ2) is 7.03. The Hall–Kier alpha value is -0.910. The minimum atomic E-state index is 0.201. The van der Waals surface area contributed by atoms with Crippen molar-refractivity contribution in [2.45, 2.75) is 39.0 Å². The molecule has 108 valence electrons. The van der Waals surface area contributed by atoms with Crippen molar-refractivity contribution in [3.8, 4) is 0 Å². The van der Waals surface area contributed by atoms with Gasteiger partial charge in [-0.25, -0.2) is 0 Å². The predicted molar refractivity (Wildman–Crippen MR) is 76.2 cm³/mol. The molecular weight excluding hydrogens is 240 g/mol. The summed E-state index contributed by atoms with van der Waals surface area (Å²) in [7, 11) is 2.16. The fourth-order valence-electron chi connectivity index (χ4n) is 2.61. The first-order valence-corrected chi connectivity index (χ1v) is 7.31. The largest absolute Gasteiger partial charge is 0.374 e. The van der Waals surface area contributed by atoms with Crippen molar-refractivity contribution in [2.24, 2.45) is 0 Å². The van der Waals surface area contributed by atoms with E-state index in [1.54, 1.807) is 0 Å². The molecule has 0 saturated carbocycles. The Balaban J connectivity index is 2.15. The Labute approximate surface area is 115 Å². The summed E-state index contributed by atoms with van der Waals surface area (Å²) in [6, 6.07) is 2.33. The smallest absolute Gasteiger partial charge is 0.0912 e. The molecule has 0 aliphatic carbocycles. The average molecular weight is 266 g/mol. The molecule has 2 atom stereocenters. The fraction of sp³-hybridized carbons (Fsp3) is 0.786. The highest BCUT2D eigenvalue weighted by molar-refractivity contribution is 5.10. The number of rotatable bonds is 6. The van der Waals surface area contributed by atoms with Crippen LogP contribution in [-0.4, -0.2) is 54.1 Å². The van der Waals surface area contributed by atoms with Gasteiger partial charge in [0.2, 0.25) is 0 Å². The third-order valence-electron chi connectivity index (χ3n) is 3.65. The lowest BCUT2D eigenvalue weighted by Gasteiger charge is -2.35. The van der Waals surface area contributed by atoms with Gasteiger partial charge in [0.1, 0.15) is 0 Å². The van der Waals surface area contributed by atoms with Gasteiger partial charge in [0.05, 0.1) is 24.4 Å². The van der Waals surface area contributed by atoms with Gasteiger partial charge < -0.3 is 15.0 Å². The van der Waals surface area contributed by atoms with Crippen LogP contribution in [0.5, 0.6) is 0 Å². The Kier molecular flexibility index (Phi) is 5.36. The van der Waals surface area contributed by atoms with Gasteiger partial charge >= 0.3 is 0 Å². The van der Waals surface area contributed by atoms with E-state index in [2.05, 4.69) is 47.0 Å². The van der Waals surface area contributed by atoms with Gasteiger partial charge in [-0.3, -0.25) is 4.68 Å². The minimum absolute atomic E-state index is 0.201. The first kappa shape index (κ1) is 14.5. The molecule has 1 aromatic rings. The van der Waals surface area contributed by atoms with Crippen LogP contribution in [-0.2, 0) is 11.3 Å². The summed E-state index contributed by atoms with van der Waals surface area (Å²) in [5.41, 5.74) is 1.23. The van der Waals surface area contributed by atoms with Crippen molar-refractivity contribution >= 4 is 0 Å². The highest BCUT2D eigenvalue weighted by Crippen LogP contribution is 2.22. The van der Waals surface area contributed by atoms with Gasteiger partial charge in [0.25, 0.3) is 0 Å². The molecule has 5 nitrogen and oxygen atoms in total. The number of aryl methyl sites for hydroxylation is 1. The van der Waals surface area contributed by atoms with Gasteiger partial charge in [-0.05, 0) is 33.0 Å². The Bertz CT molecular complexity index is 379. The van der Waals surface area contributed by atoms with Crippen molar-refractivity contribution in [1.29, 1.82) is 0 Å². The molecule has 5 heteroatoms. The lowest BCUT2D eigenvalue weighted by Crippen LogP contribution is -2.47. The average Bonchev–Trinajstić information content (AvgIpc) is 2.88. The first-order chi connectivity index (χ1) is 9.26. The summed E-state index contributed by atoms with van der Waals surface area (Å²) in [5.74, 6) is 0. The molecule has 2 unspecified atom stereocenters. The van der Waals surface area contributed by atoms with Gasteiger partial charge in [0, 0.05) is 25.8 Å². The summed E-state index contributed by atoms with van der Waals surface area (Å²) in [6.45, 7) is 9.01. The maximum absolute atomic E-state index is 5.99. The van der Waals surface area contributed by atoms with Crippen LogP contribution in [0.4, 0.5) is 0 Å². The number of morpholine rings is 1. The molecule has 0 spiro atoms. The van der Waals surface area contributed by atoms with Gasteiger partial charge in [-0.15, -0.1) is 0 Å². The number of aromatic nitrogens is 2. The van der Waals surface area contributed by atoms with E-state index < -0.39 is 0 Å². The van der Waals surface area contributed by atoms with Crippen molar-refractivity contribution in [2.75, 3.05) is 33.3 Å². The molecule has 1 fully saturated rings. The molecule has 0 radical (unpaired) electrons. The summed E-state index contributed by atoms with van der Waals surface area (Å²) in [5, 5.41) is 8.01. The zero-order valence-electron chi connectivity index (χ0n) is 12.3. The number of nitrogens with one attached hydrogen (secondary N) is 1. The van der Waals surface area contributed by atoms with E-state index in [-0.39, 0.29) is 12.1 Å². The summed E-state index contributed by atoms with van der Waals surface area (Å²) in [4.78, 5) is 2.33. The zero-order valence-corrected chi connectivity index (χ0v) is 12.3. The zero-order chi connectivity index (χ0) is 13.7. The number of likely N-dealkylation sites (N-methyl/N-ethyl adjacent to an activating group) is 1. The second-order valence-corrected chi connectivity index (χ2v) is 5.18. The quantitative estimate of drug-likeness (QED) is 0.842. The third kappa shape index (κ3) is 3.55. The molecule has 2 rings (SSSR count). The lowest BCUT2D eigenvalue weighted by molar-refractivity contribution is -0.0406. The molecule has 1 aliphatic heterocycles. The molecule has 0 bridgehead atoms. The standard InChI is InChI=1S/C14H26N4O/c1-4-7-15-14(12-6-8-16-18(12)5-2)13-11-17(3)9-10-19-13/h6,8,13-15H,4-5,7,9-11H2,1-3H3. The lowest BCUT2D eigenvalue weighted by atomic mass is 10.1. The topological polar surface area (TPSA) is 42.3 Å². The van der Waals surface area contributed by atoms with E-state index in [9.17, 15) is 0 Å². The highest BCUT2D eigenvalue weighted by Gasteiger charge is 2.29. The molecule has 0 amide bonds. The van der Waals surface area contributed by atoms with Crippen LogP contribution in [0.2, 0.25) is 0 Å². The van der Waals surface area contributed by atoms with Crippen LogP contribution in [0, 0.1) is 0 Å². The van der Waals surface area contributed by atoms with E-state index in [4.69, 9.17) is 4.74 Å². The van der Waals surface area contributed by atoms with E-state index >= 15 is 0 Å². The monoisotopic (exact) mass is 266 g/mol. The molecular formula is C14H26N4O. The van der Waals surface area contributed by atoms with E-state index in [1.165, 1.54) is 5.69 Å². The predicted octanol–water partition coefficient (Wildman–Crippen LogP) is 1.27. The molecule has 2 heterocycles. The number of hydrogen-bond donors (Lipinski definition) is 1. The van der Waals surface area contributed by atoms with Crippen molar-refractivity contribution in [3.63, 3.8) is 0 Å². The van der Waals surface area contributed by atoms with E-state index in [0.717, 1.165) is 39.2 Å². The second-order valence-electron chi connectivity index (χ2n) is 5.18. The summed E-state index contributed by atoms with van der Waals surface area (Å²) < 4.78 is 8.05. The highest BCUT2D eigenvalue weighted by atomic mass is 16.5. The normalized spacial score (nSPS) is 22.6. The van der Waals surface area contributed by atoms with Crippen molar-refractivity contribution in [3.05, 3.63) is 18.0 Å². The van der Waals surface area contributed by atoms with E-state index in [1.807, 2.05) is 6.20 Å². The van der Waals surface area contributed by atoms with Crippen LogP contribution >= 0.6 is 0 Å². The first-order valence-electron chi connectivity index (χ1n) is 7.31. The van der Waals surface area contributed by atoms with Crippen LogP contribution < -0.4 is 5.32 Å². The van der Waals surface area contributed by atoms with Crippen molar-refractivity contribution in [1.82, 2.24) is 20.0 Å². The van der Waals surface area contributed by atoms with Crippen LogP contribution in [0.25, 0.3) is 0 Å². The molecule has 0 aromatic carbocycles. The third-order valence-corrected chi connectivity index (χ3v) is 3.65. The van der Waals surface area contributed by atoms with Gasteiger partial charge in [0.15, 0.2) is 0 Å². The minimum Gasteiger partial charge on any atom is -0.374 e. The Morgan fingerprint density at radius 1 is 1.53 bits per heavy atom. The van der Waals surface area contributed by atoms with Crippen LogP contribution in [0.3, 0.4) is 0 Å². The van der Waals surface area contributed by atoms with Gasteiger partial charge in [-0.1, -0.05) is 6.92 Å². The van der Waals surface area contributed by atoms with Crippen LogP contribution in [0.1, 0.15) is 32.0 Å². The van der Waals surface area contributed by atoms with Crippen molar-refractivity contribution < 1.29 is 4.74 Å². The van der Waals surface area contributed by atoms with E-state index in [0.29, 0.717) is 0 Å². The number of hydrogen-bond acceptors (Lipinski definition) is 4. The number of nitrogens with zero attached hydrogens (tertiary/aromatic N) is 3. The molecule has 1 saturated heterocycles. The van der Waals surface area contributed by atoms with Crippen LogP contribution in [0.15, 0.2) is 12.3 Å². The molecule has 1 aromatic heterocycles. The molecule has 19 heavy (non-hydrogen) atoms. The Morgan fingerprint density at radius 2 is 2.37 bits per heavy atom. The molecule has 1 aliphatic rings. The SMILES string of the molecule is CCCNC(c1ccnn1CC)C1CN(C)CCO1. The molecule has 1 N–H and O–H groups in total. The number of ether oxygens (including phenoxy) is 1. The summed E-state index contributed by atoms with van der Waals surface area (Å²) >= 11 is 0.